The lowest BCUT2D eigenvalue weighted by atomic mass is 10.1. The van der Waals surface area contributed by atoms with Gasteiger partial charge in [0.15, 0.2) is 11.6 Å². The molecular weight excluding hydrogens is 523 g/mol. The van der Waals surface area contributed by atoms with E-state index in [1.54, 1.807) is 33.0 Å². The predicted molar refractivity (Wildman–Crippen MR) is 146 cm³/mol. The Morgan fingerprint density at radius 3 is 2.49 bits per heavy atom. The Kier molecular flexibility index (Phi) is 7.20. The van der Waals surface area contributed by atoms with Gasteiger partial charge in [0.1, 0.15) is 23.0 Å². The van der Waals surface area contributed by atoms with Crippen LogP contribution in [0.15, 0.2) is 42.9 Å². The molecule has 1 amide bonds. The van der Waals surface area contributed by atoms with Crippen LogP contribution in [0, 0.1) is 19.7 Å². The highest BCUT2D eigenvalue weighted by atomic mass is 32.1. The molecule has 12 heteroatoms. The quantitative estimate of drug-likeness (QED) is 0.266. The fraction of sp³-hybridized carbons (Fsp3) is 0.259. The second-order valence-electron chi connectivity index (χ2n) is 8.94. The van der Waals surface area contributed by atoms with Crippen molar-refractivity contribution >= 4 is 44.4 Å². The maximum Gasteiger partial charge on any atom is 0.412 e. The van der Waals surface area contributed by atoms with Crippen molar-refractivity contribution in [2.75, 3.05) is 12.4 Å². The number of amides is 1. The second-order valence-corrected chi connectivity index (χ2v) is 9.97. The van der Waals surface area contributed by atoms with Crippen molar-refractivity contribution < 1.29 is 23.4 Å². The summed E-state index contributed by atoms with van der Waals surface area (Å²) in [5.74, 6) is 0.462. The normalized spacial score (nSPS) is 12.8. The molecule has 200 valence electrons. The Balaban J connectivity index is 1.34. The third-order valence-corrected chi connectivity index (χ3v) is 7.00. The van der Waals surface area contributed by atoms with E-state index in [0.717, 1.165) is 15.8 Å². The maximum absolute atomic E-state index is 15.0. The molecule has 10 nitrogen and oxygen atoms in total. The van der Waals surface area contributed by atoms with Crippen LogP contribution in [0.1, 0.15) is 25.2 Å². The number of nitrogens with one attached hydrogen (secondary N) is 1. The molecule has 39 heavy (non-hydrogen) atoms. The molecule has 0 saturated heterocycles. The third-order valence-electron chi connectivity index (χ3n) is 5.94. The lowest BCUT2D eigenvalue weighted by Crippen LogP contribution is -2.32. The van der Waals surface area contributed by atoms with E-state index in [9.17, 15) is 4.79 Å². The van der Waals surface area contributed by atoms with Crippen LogP contribution in [0.5, 0.6) is 11.6 Å². The van der Waals surface area contributed by atoms with Gasteiger partial charge in [-0.05, 0) is 45.4 Å². The molecule has 0 aliphatic carbocycles. The topological polar surface area (TPSA) is 121 Å². The van der Waals surface area contributed by atoms with Crippen LogP contribution in [0.3, 0.4) is 0 Å². The fourth-order valence-corrected chi connectivity index (χ4v) is 4.80. The summed E-state index contributed by atoms with van der Waals surface area (Å²) in [4.78, 5) is 33.9. The number of benzene rings is 2. The molecular formula is C27H25FN6O4S. The van der Waals surface area contributed by atoms with Crippen molar-refractivity contribution in [1.29, 1.82) is 0 Å². The smallest absolute Gasteiger partial charge is 0.412 e. The number of hydrogen-bond donors (Lipinski definition) is 1. The molecule has 0 saturated carbocycles. The lowest BCUT2D eigenvalue weighted by molar-refractivity contribution is 0.0402. The van der Waals surface area contributed by atoms with Gasteiger partial charge >= 0.3 is 6.09 Å². The molecule has 5 rings (SSSR count). The van der Waals surface area contributed by atoms with Gasteiger partial charge in [-0.1, -0.05) is 0 Å². The van der Waals surface area contributed by atoms with E-state index >= 15 is 4.39 Å². The molecule has 2 aromatic carbocycles. The van der Waals surface area contributed by atoms with Crippen LogP contribution < -0.4 is 14.8 Å². The van der Waals surface area contributed by atoms with Gasteiger partial charge in [0.2, 0.25) is 5.88 Å². The van der Waals surface area contributed by atoms with E-state index < -0.39 is 24.1 Å². The number of aryl methyl sites for hydroxylation is 2. The number of carbonyl (C=O) groups excluding carboxylic acids is 1. The molecule has 0 radical (unpaired) electrons. The molecule has 0 bridgehead atoms. The fourth-order valence-electron chi connectivity index (χ4n) is 3.81. The Hall–Kier alpha value is -4.45. The SMILES string of the molecule is COc1cnc2c(-c3nc4cc(F)c(O[C@@H](C)[C@@H](C)OC(=O)Nc5cnc(C)nc5)cc4s3)cc(C)cc2n1. The molecule has 0 fully saturated rings. The van der Waals surface area contributed by atoms with Gasteiger partial charge in [-0.25, -0.2) is 34.1 Å². The van der Waals surface area contributed by atoms with Gasteiger partial charge < -0.3 is 14.2 Å². The highest BCUT2D eigenvalue weighted by Crippen LogP contribution is 2.37. The number of fused-ring (bicyclic) bond motifs is 2. The minimum atomic E-state index is -0.695. The number of methoxy groups -OCH3 is 1. The summed E-state index contributed by atoms with van der Waals surface area (Å²) in [7, 11) is 1.54. The summed E-state index contributed by atoms with van der Waals surface area (Å²) in [6.07, 6.45) is 2.49. The first-order valence-electron chi connectivity index (χ1n) is 12.0. The molecule has 0 spiro atoms. The molecule has 2 atom stereocenters. The Morgan fingerprint density at radius 1 is 0.974 bits per heavy atom. The van der Waals surface area contributed by atoms with E-state index in [0.29, 0.717) is 38.9 Å². The largest absolute Gasteiger partial charge is 0.484 e. The number of anilines is 1. The standard InChI is InChI=1S/C27H25FN6O4S/c1-13-6-18(25-21(7-13)33-24(36-5)12-31-25)26-34-20-8-19(28)22(9-23(20)39-26)37-14(2)15(3)38-27(35)32-17-10-29-16(4)30-11-17/h6-12,14-15H,1-5H3,(H,32,35)/t14-,15+/m0/s1. The molecule has 0 aliphatic rings. The van der Waals surface area contributed by atoms with Crippen molar-refractivity contribution in [1.82, 2.24) is 24.9 Å². The minimum Gasteiger partial charge on any atom is -0.484 e. The van der Waals surface area contributed by atoms with Gasteiger partial charge in [0.25, 0.3) is 0 Å². The molecule has 0 aliphatic heterocycles. The van der Waals surface area contributed by atoms with Crippen molar-refractivity contribution in [3.63, 3.8) is 0 Å². The van der Waals surface area contributed by atoms with Gasteiger partial charge in [0.05, 0.1) is 52.6 Å². The zero-order chi connectivity index (χ0) is 27.7. The zero-order valence-corrected chi connectivity index (χ0v) is 22.7. The number of thiazole rings is 1. The number of ether oxygens (including phenoxy) is 3. The van der Waals surface area contributed by atoms with Crippen LogP contribution in [0.25, 0.3) is 31.8 Å². The zero-order valence-electron chi connectivity index (χ0n) is 21.9. The van der Waals surface area contributed by atoms with Crippen LogP contribution >= 0.6 is 11.3 Å². The summed E-state index contributed by atoms with van der Waals surface area (Å²) in [5.41, 5.74) is 4.02. The minimum absolute atomic E-state index is 0.0339. The predicted octanol–water partition coefficient (Wildman–Crippen LogP) is 5.87. The highest BCUT2D eigenvalue weighted by Gasteiger charge is 2.22. The second kappa shape index (κ2) is 10.7. The monoisotopic (exact) mass is 548 g/mol. The first kappa shape index (κ1) is 26.2. The van der Waals surface area contributed by atoms with Crippen LogP contribution in [0.2, 0.25) is 0 Å². The average molecular weight is 549 g/mol. The van der Waals surface area contributed by atoms with E-state index in [1.807, 2.05) is 19.1 Å². The van der Waals surface area contributed by atoms with Crippen LogP contribution in [0.4, 0.5) is 14.9 Å². The number of halogens is 1. The van der Waals surface area contributed by atoms with E-state index in [-0.39, 0.29) is 5.75 Å². The molecule has 5 aromatic rings. The number of hydrogen-bond acceptors (Lipinski definition) is 10. The van der Waals surface area contributed by atoms with E-state index in [4.69, 9.17) is 14.2 Å². The summed E-state index contributed by atoms with van der Waals surface area (Å²) in [6, 6.07) is 6.84. The van der Waals surface area contributed by atoms with Gasteiger partial charge in [-0.3, -0.25) is 5.32 Å². The van der Waals surface area contributed by atoms with Crippen molar-refractivity contribution in [2.24, 2.45) is 0 Å². The lowest BCUT2D eigenvalue weighted by Gasteiger charge is -2.22. The first-order valence-corrected chi connectivity index (χ1v) is 12.9. The number of rotatable bonds is 7. The number of nitrogens with zero attached hydrogens (tertiary/aromatic N) is 5. The van der Waals surface area contributed by atoms with Crippen LogP contribution in [-0.2, 0) is 4.74 Å². The summed E-state index contributed by atoms with van der Waals surface area (Å²) >= 11 is 1.39. The molecule has 0 unspecified atom stereocenters. The highest BCUT2D eigenvalue weighted by molar-refractivity contribution is 7.21. The van der Waals surface area contributed by atoms with Crippen molar-refractivity contribution in [2.45, 2.75) is 39.9 Å². The number of aromatic nitrogens is 5. The van der Waals surface area contributed by atoms with E-state index in [2.05, 4.69) is 30.2 Å². The third kappa shape index (κ3) is 5.70. The van der Waals surface area contributed by atoms with Gasteiger partial charge in [0, 0.05) is 17.7 Å². The first-order chi connectivity index (χ1) is 18.7. The molecule has 3 aromatic heterocycles. The summed E-state index contributed by atoms with van der Waals surface area (Å²) < 4.78 is 32.2. The van der Waals surface area contributed by atoms with Crippen molar-refractivity contribution in [3.8, 4) is 22.2 Å². The maximum atomic E-state index is 15.0. The van der Waals surface area contributed by atoms with Crippen molar-refractivity contribution in [3.05, 3.63) is 60.1 Å². The Morgan fingerprint density at radius 2 is 1.74 bits per heavy atom. The summed E-state index contributed by atoms with van der Waals surface area (Å²) in [6.45, 7) is 7.06. The average Bonchev–Trinajstić information content (AvgIpc) is 3.31. The summed E-state index contributed by atoms with van der Waals surface area (Å²) in [5, 5.41) is 3.23. The Bertz CT molecular complexity index is 1680. The van der Waals surface area contributed by atoms with Gasteiger partial charge in [-0.15, -0.1) is 11.3 Å². The van der Waals surface area contributed by atoms with E-state index in [1.165, 1.54) is 36.9 Å². The van der Waals surface area contributed by atoms with Crippen LogP contribution in [-0.4, -0.2) is 50.3 Å². The molecule has 3 heterocycles. The Labute approximate surface area is 227 Å². The number of carbonyl (C=O) groups is 1. The van der Waals surface area contributed by atoms with Gasteiger partial charge in [-0.2, -0.15) is 0 Å². The molecule has 1 N–H and O–H groups in total.